The van der Waals surface area contributed by atoms with Crippen LogP contribution in [0.4, 0.5) is 0 Å². The van der Waals surface area contributed by atoms with Crippen LogP contribution in [0.25, 0.3) is 5.76 Å². The fraction of sp³-hybridized carbons (Fsp3) is 0.286. The Morgan fingerprint density at radius 1 is 1.34 bits per heavy atom. The third-order valence-electron chi connectivity index (χ3n) is 4.94. The lowest BCUT2D eigenvalue weighted by atomic mass is 10.00. The zero-order valence-corrected chi connectivity index (χ0v) is 15.9. The zero-order valence-electron chi connectivity index (χ0n) is 15.9. The van der Waals surface area contributed by atoms with E-state index in [0.29, 0.717) is 60.6 Å². The molecule has 1 fully saturated rings. The summed E-state index contributed by atoms with van der Waals surface area (Å²) in [5.41, 5.74) is 1.86. The molecule has 8 heteroatoms. The first-order valence-corrected chi connectivity index (χ1v) is 9.26. The average Bonchev–Trinajstić information content (AvgIpc) is 3.08. The molecule has 29 heavy (non-hydrogen) atoms. The summed E-state index contributed by atoms with van der Waals surface area (Å²) in [6.45, 7) is 3.71. The van der Waals surface area contributed by atoms with Crippen molar-refractivity contribution < 1.29 is 19.0 Å². The first-order valence-electron chi connectivity index (χ1n) is 9.26. The Morgan fingerprint density at radius 2 is 2.10 bits per heavy atom. The van der Waals surface area contributed by atoms with Crippen LogP contribution < -0.4 is 14.2 Å². The Balaban J connectivity index is 1.56. The molecule has 2 aliphatic heterocycles. The van der Waals surface area contributed by atoms with Crippen LogP contribution in [0.15, 0.2) is 30.5 Å². The summed E-state index contributed by atoms with van der Waals surface area (Å²) in [6.07, 6.45) is 4.28. The number of amides is 1. The molecule has 0 saturated carbocycles. The normalized spacial score (nSPS) is 16.0. The molecule has 2 aliphatic rings. The van der Waals surface area contributed by atoms with Gasteiger partial charge in [0.05, 0.1) is 23.2 Å². The Kier molecular flexibility index (Phi) is 4.96. The summed E-state index contributed by atoms with van der Waals surface area (Å²) >= 11 is 0. The van der Waals surface area contributed by atoms with Crippen molar-refractivity contribution in [1.29, 1.82) is 10.7 Å². The van der Waals surface area contributed by atoms with Crippen LogP contribution in [0.2, 0.25) is 0 Å². The van der Waals surface area contributed by atoms with E-state index in [1.54, 1.807) is 29.3 Å². The van der Waals surface area contributed by atoms with Crippen molar-refractivity contribution in [3.63, 3.8) is 0 Å². The third-order valence-corrected chi connectivity index (χ3v) is 4.94. The largest absolute Gasteiger partial charge is 0.486 e. The highest BCUT2D eigenvalue weighted by Gasteiger charge is 2.32. The number of likely N-dealkylation sites (tertiary alicyclic amines) is 1. The second-order valence-electron chi connectivity index (χ2n) is 6.84. The van der Waals surface area contributed by atoms with Crippen molar-refractivity contribution >= 4 is 17.9 Å². The number of carbonyl (C=O) groups is 1. The maximum absolute atomic E-state index is 12.7. The SMILES string of the molecule is Cc1c(C(=O)N2CC(C#N)C2)c[nH]c1/C(=C\C=N)Oc1ccc2c(c1)OCCO2. The predicted molar refractivity (Wildman–Crippen MR) is 105 cm³/mol. The number of nitrogens with one attached hydrogen (secondary N) is 2. The number of hydrogen-bond donors (Lipinski definition) is 2. The molecule has 3 heterocycles. The van der Waals surface area contributed by atoms with Gasteiger partial charge in [0, 0.05) is 37.6 Å². The number of carbonyl (C=O) groups excluding carboxylic acids is 1. The van der Waals surface area contributed by atoms with Gasteiger partial charge in [-0.1, -0.05) is 0 Å². The molecular weight excluding hydrogens is 372 g/mol. The first kappa shape index (κ1) is 18.6. The van der Waals surface area contributed by atoms with Crippen LogP contribution in [0.5, 0.6) is 17.2 Å². The highest BCUT2D eigenvalue weighted by atomic mass is 16.6. The molecule has 0 unspecified atom stereocenters. The highest BCUT2D eigenvalue weighted by molar-refractivity contribution is 5.97. The maximum atomic E-state index is 12.7. The molecule has 0 bridgehead atoms. The molecule has 1 saturated heterocycles. The minimum Gasteiger partial charge on any atom is -0.486 e. The van der Waals surface area contributed by atoms with Gasteiger partial charge in [-0.15, -0.1) is 0 Å². The lowest BCUT2D eigenvalue weighted by molar-refractivity contribution is 0.0577. The van der Waals surface area contributed by atoms with Crippen LogP contribution in [0.1, 0.15) is 21.6 Å². The second-order valence-corrected chi connectivity index (χ2v) is 6.84. The molecule has 8 nitrogen and oxygen atoms in total. The monoisotopic (exact) mass is 392 g/mol. The number of benzene rings is 1. The van der Waals surface area contributed by atoms with Crippen molar-refractivity contribution in [2.24, 2.45) is 5.92 Å². The fourth-order valence-electron chi connectivity index (χ4n) is 3.33. The molecule has 148 valence electrons. The van der Waals surface area contributed by atoms with Gasteiger partial charge in [0.1, 0.15) is 19.0 Å². The fourth-order valence-corrected chi connectivity index (χ4v) is 3.33. The lowest BCUT2D eigenvalue weighted by Gasteiger charge is -2.35. The molecule has 0 aliphatic carbocycles. The Hall–Kier alpha value is -3.73. The van der Waals surface area contributed by atoms with Gasteiger partial charge in [0.25, 0.3) is 5.91 Å². The Morgan fingerprint density at radius 3 is 2.83 bits per heavy atom. The quantitative estimate of drug-likeness (QED) is 0.600. The van der Waals surface area contributed by atoms with Gasteiger partial charge in [-0.05, 0) is 24.6 Å². The number of aromatic amines is 1. The van der Waals surface area contributed by atoms with Gasteiger partial charge in [-0.3, -0.25) is 4.79 Å². The number of fused-ring (bicyclic) bond motifs is 1. The van der Waals surface area contributed by atoms with Crippen molar-refractivity contribution in [1.82, 2.24) is 9.88 Å². The molecule has 2 aromatic rings. The molecule has 1 aromatic heterocycles. The number of H-pyrrole nitrogens is 1. The van der Waals surface area contributed by atoms with Gasteiger partial charge in [0.2, 0.25) is 0 Å². The van der Waals surface area contributed by atoms with E-state index in [4.69, 9.17) is 24.9 Å². The van der Waals surface area contributed by atoms with Crippen LogP contribution in [-0.2, 0) is 0 Å². The molecule has 1 aromatic carbocycles. The summed E-state index contributed by atoms with van der Waals surface area (Å²) in [5, 5.41) is 16.4. The van der Waals surface area contributed by atoms with E-state index < -0.39 is 0 Å². The van der Waals surface area contributed by atoms with E-state index in [2.05, 4.69) is 11.1 Å². The van der Waals surface area contributed by atoms with E-state index in [1.807, 2.05) is 6.92 Å². The number of aromatic nitrogens is 1. The van der Waals surface area contributed by atoms with Crippen LogP contribution in [0, 0.1) is 29.6 Å². The summed E-state index contributed by atoms with van der Waals surface area (Å²) in [6, 6.07) is 7.44. The smallest absolute Gasteiger partial charge is 0.255 e. The summed E-state index contributed by atoms with van der Waals surface area (Å²) in [5.74, 6) is 1.99. The zero-order chi connectivity index (χ0) is 20.4. The number of ether oxygens (including phenoxy) is 3. The summed E-state index contributed by atoms with van der Waals surface area (Å²) < 4.78 is 17.1. The number of allylic oxidation sites excluding steroid dienone is 1. The van der Waals surface area contributed by atoms with Crippen LogP contribution >= 0.6 is 0 Å². The lowest BCUT2D eigenvalue weighted by Crippen LogP contribution is -2.49. The maximum Gasteiger partial charge on any atom is 0.255 e. The van der Waals surface area contributed by atoms with Gasteiger partial charge < -0.3 is 29.5 Å². The van der Waals surface area contributed by atoms with E-state index in [1.165, 1.54) is 6.08 Å². The van der Waals surface area contributed by atoms with Gasteiger partial charge in [-0.25, -0.2) is 0 Å². The minimum atomic E-state index is -0.120. The predicted octanol–water partition coefficient (Wildman–Crippen LogP) is 2.76. The average molecular weight is 392 g/mol. The van der Waals surface area contributed by atoms with Gasteiger partial charge >= 0.3 is 0 Å². The van der Waals surface area contributed by atoms with Crippen molar-refractivity contribution in [3.8, 4) is 23.3 Å². The van der Waals surface area contributed by atoms with E-state index in [9.17, 15) is 4.79 Å². The topological polar surface area (TPSA) is 111 Å². The Labute approximate surface area is 167 Å². The number of hydrogen-bond acceptors (Lipinski definition) is 6. The van der Waals surface area contributed by atoms with Gasteiger partial charge in [-0.2, -0.15) is 5.26 Å². The summed E-state index contributed by atoms with van der Waals surface area (Å²) in [4.78, 5) is 17.4. The van der Waals surface area contributed by atoms with Crippen molar-refractivity contribution in [3.05, 3.63) is 47.3 Å². The highest BCUT2D eigenvalue weighted by Crippen LogP contribution is 2.35. The van der Waals surface area contributed by atoms with Crippen molar-refractivity contribution in [2.45, 2.75) is 6.92 Å². The molecule has 1 amide bonds. The summed E-state index contributed by atoms with van der Waals surface area (Å²) in [7, 11) is 0. The molecule has 0 spiro atoms. The van der Waals surface area contributed by atoms with E-state index in [-0.39, 0.29) is 11.8 Å². The number of rotatable bonds is 5. The van der Waals surface area contributed by atoms with E-state index >= 15 is 0 Å². The van der Waals surface area contributed by atoms with Crippen LogP contribution in [0.3, 0.4) is 0 Å². The molecule has 0 radical (unpaired) electrons. The van der Waals surface area contributed by atoms with Gasteiger partial charge in [0.15, 0.2) is 17.3 Å². The third kappa shape index (κ3) is 3.55. The molecular formula is C21H20N4O4. The number of nitriles is 1. The van der Waals surface area contributed by atoms with E-state index in [0.717, 1.165) is 11.8 Å². The standard InChI is InChI=1S/C21H20N4O4/c1-13-16(21(26)25-11-14(9-23)12-25)10-24-20(13)18(4-5-22)29-15-2-3-17-19(8-15)28-7-6-27-17/h2-5,8,10,14,22,24H,6-7,11-12H2,1H3/b18-4+,22-5?. The molecule has 4 rings (SSSR count). The minimum absolute atomic E-state index is 0.0930. The number of nitrogens with zero attached hydrogens (tertiary/aromatic N) is 2. The first-order chi connectivity index (χ1) is 14.1. The van der Waals surface area contributed by atoms with Crippen LogP contribution in [-0.4, -0.2) is 48.3 Å². The Bertz CT molecular complexity index is 1030. The molecule has 0 atom stereocenters. The van der Waals surface area contributed by atoms with Crippen molar-refractivity contribution in [2.75, 3.05) is 26.3 Å². The molecule has 2 N–H and O–H groups in total. The second kappa shape index (κ2) is 7.72.